The van der Waals surface area contributed by atoms with Crippen molar-refractivity contribution in [3.8, 4) is 0 Å². The van der Waals surface area contributed by atoms with Gasteiger partial charge in [-0.05, 0) is 85.4 Å². The van der Waals surface area contributed by atoms with E-state index in [9.17, 15) is 4.79 Å². The van der Waals surface area contributed by atoms with Gasteiger partial charge >= 0.3 is 5.97 Å². The zero-order valence-corrected chi connectivity index (χ0v) is 20.7. The average molecular weight is 425 g/mol. The van der Waals surface area contributed by atoms with Gasteiger partial charge in [-0.1, -0.05) is 70.1 Å². The van der Waals surface area contributed by atoms with Crippen LogP contribution in [0.15, 0.2) is 35.5 Å². The Bertz CT molecular complexity index is 787. The molecule has 3 fully saturated rings. The Kier molecular flexibility index (Phi) is 6.32. The molecule has 0 aromatic carbocycles. The molecular weight excluding hydrogens is 380 g/mol. The fraction of sp³-hybridized carbons (Fsp3) is 0.759. The molecule has 0 N–H and O–H groups in total. The summed E-state index contributed by atoms with van der Waals surface area (Å²) in [5, 5.41) is 0. The lowest BCUT2D eigenvalue weighted by Crippen LogP contribution is -2.46. The molecule has 31 heavy (non-hydrogen) atoms. The third kappa shape index (κ3) is 4.09. The first-order chi connectivity index (χ1) is 14.6. The molecule has 172 valence electrons. The predicted octanol–water partition coefficient (Wildman–Crippen LogP) is 7.66. The fourth-order valence-electron chi connectivity index (χ4n) is 7.91. The van der Waals surface area contributed by atoms with Gasteiger partial charge in [0.25, 0.3) is 0 Å². The van der Waals surface area contributed by atoms with E-state index in [2.05, 4.69) is 58.9 Å². The highest BCUT2D eigenvalue weighted by atomic mass is 16.5. The third-order valence-corrected chi connectivity index (χ3v) is 9.61. The van der Waals surface area contributed by atoms with Crippen molar-refractivity contribution in [2.75, 3.05) is 0 Å². The van der Waals surface area contributed by atoms with Gasteiger partial charge in [0.15, 0.2) is 0 Å². The van der Waals surface area contributed by atoms with Crippen molar-refractivity contribution in [1.82, 2.24) is 0 Å². The number of carbonyl (C=O) groups is 1. The van der Waals surface area contributed by atoms with Crippen LogP contribution < -0.4 is 0 Å². The maximum atomic E-state index is 11.5. The molecule has 7 atom stereocenters. The minimum atomic E-state index is -0.136. The van der Waals surface area contributed by atoms with Crippen molar-refractivity contribution in [3.05, 3.63) is 35.5 Å². The molecule has 4 rings (SSSR count). The van der Waals surface area contributed by atoms with E-state index in [1.54, 1.807) is 12.5 Å². The molecule has 0 aliphatic heterocycles. The minimum absolute atomic E-state index is 0.0787. The van der Waals surface area contributed by atoms with Gasteiger partial charge in [0.1, 0.15) is 6.10 Å². The lowest BCUT2D eigenvalue weighted by Gasteiger charge is -2.55. The molecule has 3 saturated carbocycles. The average Bonchev–Trinajstić information content (AvgIpc) is 3.05. The lowest BCUT2D eigenvalue weighted by molar-refractivity contribution is -0.148. The summed E-state index contributed by atoms with van der Waals surface area (Å²) in [6.07, 6.45) is 19.7. The van der Waals surface area contributed by atoms with Gasteiger partial charge in [-0.15, -0.1) is 0 Å². The van der Waals surface area contributed by atoms with Crippen LogP contribution in [0.25, 0.3) is 0 Å². The van der Waals surface area contributed by atoms with Gasteiger partial charge in [-0.25, -0.2) is 0 Å². The van der Waals surface area contributed by atoms with Crippen molar-refractivity contribution in [1.29, 1.82) is 0 Å². The van der Waals surface area contributed by atoms with Gasteiger partial charge in [0.2, 0.25) is 0 Å². The first kappa shape index (κ1) is 22.9. The summed E-state index contributed by atoms with van der Waals surface area (Å²) in [4.78, 5) is 11.5. The highest BCUT2D eigenvalue weighted by molar-refractivity contribution is 5.66. The zero-order valence-electron chi connectivity index (χ0n) is 20.7. The SMILES string of the molecule is CC(=O)O[C@H]1CCC2(C)C(=CC=C3C2CCC2(C)C3CCC2[C@H](C)/C=C/CC(C)C)C1. The number of hydrogen-bond donors (Lipinski definition) is 0. The molecule has 0 aromatic rings. The Morgan fingerprint density at radius 1 is 1.10 bits per heavy atom. The second-order valence-corrected chi connectivity index (χ2v) is 12.0. The smallest absolute Gasteiger partial charge is 0.302 e. The summed E-state index contributed by atoms with van der Waals surface area (Å²) in [7, 11) is 0. The highest BCUT2D eigenvalue weighted by Gasteiger charge is 2.56. The predicted molar refractivity (Wildman–Crippen MR) is 128 cm³/mol. The number of fused-ring (bicyclic) bond motifs is 5. The molecule has 0 saturated heterocycles. The zero-order chi connectivity index (χ0) is 22.4. The van der Waals surface area contributed by atoms with Gasteiger partial charge in [0, 0.05) is 13.3 Å². The largest absolute Gasteiger partial charge is 0.462 e. The Morgan fingerprint density at radius 2 is 1.87 bits per heavy atom. The summed E-state index contributed by atoms with van der Waals surface area (Å²) >= 11 is 0. The fourth-order valence-corrected chi connectivity index (χ4v) is 7.91. The molecular formula is C29H44O2. The molecule has 2 nitrogen and oxygen atoms in total. The van der Waals surface area contributed by atoms with E-state index in [0.717, 1.165) is 37.0 Å². The first-order valence-corrected chi connectivity index (χ1v) is 12.9. The van der Waals surface area contributed by atoms with Crippen LogP contribution >= 0.6 is 0 Å². The summed E-state index contributed by atoms with van der Waals surface area (Å²) < 4.78 is 5.59. The van der Waals surface area contributed by atoms with Gasteiger partial charge in [0.05, 0.1) is 0 Å². The molecule has 4 aliphatic carbocycles. The van der Waals surface area contributed by atoms with E-state index in [1.807, 2.05) is 0 Å². The van der Waals surface area contributed by atoms with Crippen LogP contribution in [-0.2, 0) is 9.53 Å². The molecule has 2 heteroatoms. The molecule has 0 bridgehead atoms. The second-order valence-electron chi connectivity index (χ2n) is 12.0. The molecule has 0 amide bonds. The van der Waals surface area contributed by atoms with Crippen molar-refractivity contribution in [3.63, 3.8) is 0 Å². The van der Waals surface area contributed by atoms with E-state index in [0.29, 0.717) is 17.3 Å². The maximum Gasteiger partial charge on any atom is 0.302 e. The van der Waals surface area contributed by atoms with E-state index in [4.69, 9.17) is 4.74 Å². The molecule has 0 radical (unpaired) electrons. The normalized spacial score (nSPS) is 40.6. The van der Waals surface area contributed by atoms with Gasteiger partial charge in [-0.3, -0.25) is 4.79 Å². The number of carbonyl (C=O) groups excluding carboxylic acids is 1. The number of hydrogen-bond acceptors (Lipinski definition) is 2. The first-order valence-electron chi connectivity index (χ1n) is 12.9. The van der Waals surface area contributed by atoms with Crippen molar-refractivity contribution < 1.29 is 9.53 Å². The Labute approximate surface area is 190 Å². The van der Waals surface area contributed by atoms with E-state index >= 15 is 0 Å². The lowest BCUT2D eigenvalue weighted by atomic mass is 9.50. The van der Waals surface area contributed by atoms with Crippen LogP contribution in [0, 0.1) is 40.4 Å². The standard InChI is InChI=1S/C29H44O2/c1-19(2)8-7-9-20(3)25-12-13-26-24-11-10-22-18-23(31-21(4)30)14-16-28(22,5)27(24)15-17-29(25,26)6/h7,9-11,19-20,23,25-27H,8,12-18H2,1-6H3/b9-7+/t20-,23+,25?,26?,27?,28?,29?/m1/s1. The summed E-state index contributed by atoms with van der Waals surface area (Å²) in [6, 6.07) is 0. The maximum absolute atomic E-state index is 11.5. The number of allylic oxidation sites excluding steroid dienone is 5. The quantitative estimate of drug-likeness (QED) is 0.334. The van der Waals surface area contributed by atoms with Gasteiger partial charge in [-0.2, -0.15) is 0 Å². The summed E-state index contributed by atoms with van der Waals surface area (Å²) in [5.74, 6) is 3.53. The molecule has 0 aromatic heterocycles. The van der Waals surface area contributed by atoms with E-state index < -0.39 is 0 Å². The van der Waals surface area contributed by atoms with Gasteiger partial charge < -0.3 is 4.74 Å². The topological polar surface area (TPSA) is 26.3 Å². The molecule has 0 heterocycles. The minimum Gasteiger partial charge on any atom is -0.462 e. The van der Waals surface area contributed by atoms with Crippen molar-refractivity contribution in [2.45, 2.75) is 99.0 Å². The monoisotopic (exact) mass is 424 g/mol. The van der Waals surface area contributed by atoms with Crippen LogP contribution in [0.2, 0.25) is 0 Å². The Morgan fingerprint density at radius 3 is 2.58 bits per heavy atom. The summed E-state index contributed by atoms with van der Waals surface area (Å²) in [5.41, 5.74) is 4.00. The molecule has 5 unspecified atom stereocenters. The van der Waals surface area contributed by atoms with E-state index in [1.165, 1.54) is 37.7 Å². The van der Waals surface area contributed by atoms with Crippen molar-refractivity contribution >= 4 is 5.97 Å². The third-order valence-electron chi connectivity index (χ3n) is 9.61. The van der Waals surface area contributed by atoms with Crippen LogP contribution in [-0.4, -0.2) is 12.1 Å². The number of rotatable bonds is 5. The highest BCUT2D eigenvalue weighted by Crippen LogP contribution is 2.66. The van der Waals surface area contributed by atoms with Crippen molar-refractivity contribution in [2.24, 2.45) is 40.4 Å². The Balaban J connectivity index is 1.54. The molecule has 4 aliphatic rings. The van der Waals surface area contributed by atoms with Crippen LogP contribution in [0.1, 0.15) is 92.9 Å². The van der Waals surface area contributed by atoms with Crippen LogP contribution in [0.3, 0.4) is 0 Å². The van der Waals surface area contributed by atoms with Crippen LogP contribution in [0.4, 0.5) is 0 Å². The van der Waals surface area contributed by atoms with E-state index in [-0.39, 0.29) is 17.5 Å². The van der Waals surface area contributed by atoms with Crippen LogP contribution in [0.5, 0.6) is 0 Å². The Hall–Kier alpha value is -1.31. The number of esters is 1. The summed E-state index contributed by atoms with van der Waals surface area (Å²) in [6.45, 7) is 13.7. The second kappa shape index (κ2) is 8.56. The molecule has 0 spiro atoms. The number of ether oxygens (including phenoxy) is 1.